The number of hydrogen-bond donors (Lipinski definition) is 1. The van der Waals surface area contributed by atoms with Crippen LogP contribution in [0.1, 0.15) is 103 Å². The number of hydrogen-bond acceptors (Lipinski definition) is 4. The van der Waals surface area contributed by atoms with E-state index >= 15 is 0 Å². The number of likely N-dealkylation sites (tertiary alicyclic amines) is 1. The van der Waals surface area contributed by atoms with Gasteiger partial charge in [0.15, 0.2) is 9.84 Å². The molecule has 6 nitrogen and oxygen atoms in total. The van der Waals surface area contributed by atoms with Crippen LogP contribution in [0.15, 0.2) is 0 Å². The van der Waals surface area contributed by atoms with E-state index in [0.717, 1.165) is 57.4 Å². The van der Waals surface area contributed by atoms with E-state index in [1.165, 1.54) is 32.1 Å². The number of piperidine rings is 1. The average molecular weight is 481 g/mol. The van der Waals surface area contributed by atoms with Gasteiger partial charge in [-0.3, -0.25) is 9.59 Å². The van der Waals surface area contributed by atoms with Crippen molar-refractivity contribution >= 4 is 21.7 Å². The van der Waals surface area contributed by atoms with Gasteiger partial charge in [-0.2, -0.15) is 0 Å². The number of amides is 2. The molecular weight excluding hydrogens is 436 g/mol. The molecule has 4 aliphatic rings. The molecule has 2 unspecified atom stereocenters. The number of nitrogens with one attached hydrogen (secondary N) is 1. The van der Waals surface area contributed by atoms with E-state index in [9.17, 15) is 18.0 Å². The number of rotatable bonds is 6. The Balaban J connectivity index is 1.18. The normalized spacial score (nSPS) is 35.5. The molecule has 2 atom stereocenters. The van der Waals surface area contributed by atoms with Crippen molar-refractivity contribution in [2.45, 2.75) is 121 Å². The molecule has 4 rings (SSSR count). The van der Waals surface area contributed by atoms with E-state index < -0.39 is 9.84 Å². The number of sulfone groups is 1. The van der Waals surface area contributed by atoms with Crippen molar-refractivity contribution in [3.63, 3.8) is 0 Å². The van der Waals surface area contributed by atoms with Gasteiger partial charge in [-0.25, -0.2) is 8.42 Å². The molecule has 4 fully saturated rings. The maximum Gasteiger partial charge on any atom is 0.225 e. The predicted octanol–water partition coefficient (Wildman–Crippen LogP) is 4.23. The van der Waals surface area contributed by atoms with Gasteiger partial charge in [-0.15, -0.1) is 0 Å². The molecule has 188 valence electrons. The molecular formula is C26H44N2O4S. The van der Waals surface area contributed by atoms with E-state index in [1.54, 1.807) is 6.92 Å². The van der Waals surface area contributed by atoms with Crippen LogP contribution in [0.4, 0.5) is 0 Å². The van der Waals surface area contributed by atoms with Gasteiger partial charge in [0.25, 0.3) is 0 Å². The van der Waals surface area contributed by atoms with Crippen LogP contribution in [-0.2, 0) is 19.4 Å². The average Bonchev–Trinajstić information content (AvgIpc) is 2.84. The molecule has 33 heavy (non-hydrogen) atoms. The zero-order valence-electron chi connectivity index (χ0n) is 20.5. The Morgan fingerprint density at radius 3 is 2.21 bits per heavy atom. The van der Waals surface area contributed by atoms with Crippen molar-refractivity contribution in [3.05, 3.63) is 0 Å². The smallest absolute Gasteiger partial charge is 0.225 e. The van der Waals surface area contributed by atoms with E-state index in [0.29, 0.717) is 37.1 Å². The summed E-state index contributed by atoms with van der Waals surface area (Å²) >= 11 is 0. The topological polar surface area (TPSA) is 83.5 Å². The second kappa shape index (κ2) is 11.1. The Morgan fingerprint density at radius 1 is 0.848 bits per heavy atom. The summed E-state index contributed by atoms with van der Waals surface area (Å²) in [5.41, 5.74) is 0. The minimum absolute atomic E-state index is 0.104. The molecule has 1 heterocycles. The number of nitrogens with zero attached hydrogens (tertiary/aromatic N) is 1. The van der Waals surface area contributed by atoms with Gasteiger partial charge < -0.3 is 10.2 Å². The fourth-order valence-corrected chi connectivity index (χ4v) is 8.56. The lowest BCUT2D eigenvalue weighted by Crippen LogP contribution is -2.52. The maximum absolute atomic E-state index is 13.3. The summed E-state index contributed by atoms with van der Waals surface area (Å²) in [7, 11) is -2.95. The van der Waals surface area contributed by atoms with E-state index in [2.05, 4.69) is 10.2 Å². The lowest BCUT2D eigenvalue weighted by atomic mass is 9.77. The highest BCUT2D eigenvalue weighted by Crippen LogP contribution is 2.37. The second-order valence-corrected chi connectivity index (χ2v) is 13.8. The molecule has 1 saturated heterocycles. The minimum Gasteiger partial charge on any atom is -0.353 e. The molecule has 1 N–H and O–H groups in total. The number of carbonyl (C=O) groups is 2. The van der Waals surface area contributed by atoms with Crippen molar-refractivity contribution in [2.24, 2.45) is 17.8 Å². The fourth-order valence-electron chi connectivity index (χ4n) is 7.10. The third-order valence-corrected chi connectivity index (χ3v) is 11.4. The van der Waals surface area contributed by atoms with Gasteiger partial charge in [0, 0.05) is 36.7 Å². The molecule has 2 amide bonds. The Morgan fingerprint density at radius 2 is 1.52 bits per heavy atom. The SMILES string of the molecule is CCS(=O)(=O)C1CCC(CC(=O)NC2CCC(C(=O)N3CCCC4CCCCC43)CC2)CC1. The highest BCUT2D eigenvalue weighted by Gasteiger charge is 2.39. The van der Waals surface area contributed by atoms with Crippen LogP contribution in [-0.4, -0.2) is 54.8 Å². The van der Waals surface area contributed by atoms with Gasteiger partial charge in [0.1, 0.15) is 0 Å². The Bertz CT molecular complexity index is 780. The third kappa shape index (κ3) is 6.12. The Hall–Kier alpha value is -1.11. The van der Waals surface area contributed by atoms with Crippen LogP contribution in [0, 0.1) is 17.8 Å². The number of fused-ring (bicyclic) bond motifs is 1. The van der Waals surface area contributed by atoms with E-state index in [-0.39, 0.29) is 28.9 Å². The van der Waals surface area contributed by atoms with Gasteiger partial charge in [-0.1, -0.05) is 19.8 Å². The molecule has 1 aliphatic heterocycles. The molecule has 0 aromatic heterocycles. The standard InChI is InChI=1S/C26H44N2O4S/c1-2-33(31,32)23-15-9-19(10-16-23)18-25(29)27-22-13-11-21(12-14-22)26(30)28-17-5-7-20-6-3-4-8-24(20)28/h19-24H,2-18H2,1H3,(H,27,29). The highest BCUT2D eigenvalue weighted by molar-refractivity contribution is 7.92. The predicted molar refractivity (Wildman–Crippen MR) is 130 cm³/mol. The molecule has 0 aromatic carbocycles. The summed E-state index contributed by atoms with van der Waals surface area (Å²) in [4.78, 5) is 28.2. The monoisotopic (exact) mass is 480 g/mol. The first-order valence-corrected chi connectivity index (χ1v) is 15.4. The summed E-state index contributed by atoms with van der Waals surface area (Å²) in [5.74, 6) is 1.86. The van der Waals surface area contributed by atoms with Crippen molar-refractivity contribution in [1.82, 2.24) is 10.2 Å². The fraction of sp³-hybridized carbons (Fsp3) is 0.923. The molecule has 0 spiro atoms. The Kier molecular flexibility index (Phi) is 8.40. The van der Waals surface area contributed by atoms with Gasteiger partial charge in [-0.05, 0) is 88.9 Å². The lowest BCUT2D eigenvalue weighted by molar-refractivity contribution is -0.143. The molecule has 3 aliphatic carbocycles. The van der Waals surface area contributed by atoms with Crippen molar-refractivity contribution in [1.29, 1.82) is 0 Å². The summed E-state index contributed by atoms with van der Waals surface area (Å²) in [6, 6.07) is 0.668. The van der Waals surface area contributed by atoms with Crippen LogP contribution >= 0.6 is 0 Å². The van der Waals surface area contributed by atoms with E-state index in [4.69, 9.17) is 0 Å². The van der Waals surface area contributed by atoms with Crippen molar-refractivity contribution in [3.8, 4) is 0 Å². The lowest BCUT2D eigenvalue weighted by Gasteiger charge is -2.46. The largest absolute Gasteiger partial charge is 0.353 e. The Labute approximate surface area is 200 Å². The molecule has 3 saturated carbocycles. The first-order chi connectivity index (χ1) is 15.9. The van der Waals surface area contributed by atoms with Crippen LogP contribution in [0.2, 0.25) is 0 Å². The highest BCUT2D eigenvalue weighted by atomic mass is 32.2. The molecule has 7 heteroatoms. The van der Waals surface area contributed by atoms with Crippen molar-refractivity contribution < 1.29 is 18.0 Å². The summed E-state index contributed by atoms with van der Waals surface area (Å²) in [6.45, 7) is 2.66. The molecule has 0 bridgehead atoms. The van der Waals surface area contributed by atoms with Crippen LogP contribution in [0.5, 0.6) is 0 Å². The first kappa shape index (κ1) is 25.0. The zero-order chi connectivity index (χ0) is 23.4. The van der Waals surface area contributed by atoms with Crippen LogP contribution in [0.25, 0.3) is 0 Å². The maximum atomic E-state index is 13.3. The molecule has 0 aromatic rings. The third-order valence-electron chi connectivity index (χ3n) is 9.15. The van der Waals surface area contributed by atoms with Gasteiger partial charge >= 0.3 is 0 Å². The molecule has 0 radical (unpaired) electrons. The minimum atomic E-state index is -2.95. The summed E-state index contributed by atoms with van der Waals surface area (Å²) < 4.78 is 24.2. The van der Waals surface area contributed by atoms with Crippen LogP contribution in [0.3, 0.4) is 0 Å². The summed E-state index contributed by atoms with van der Waals surface area (Å²) in [6.07, 6.45) is 14.6. The van der Waals surface area contributed by atoms with E-state index in [1.807, 2.05) is 0 Å². The van der Waals surface area contributed by atoms with Gasteiger partial charge in [0.2, 0.25) is 11.8 Å². The van der Waals surface area contributed by atoms with Crippen molar-refractivity contribution in [2.75, 3.05) is 12.3 Å². The van der Waals surface area contributed by atoms with Crippen LogP contribution < -0.4 is 5.32 Å². The summed E-state index contributed by atoms with van der Waals surface area (Å²) in [5, 5.41) is 3.01. The quantitative estimate of drug-likeness (QED) is 0.617. The first-order valence-electron chi connectivity index (χ1n) is 13.7. The number of carbonyl (C=O) groups excluding carboxylic acids is 2. The van der Waals surface area contributed by atoms with Gasteiger partial charge in [0.05, 0.1) is 5.25 Å². The zero-order valence-corrected chi connectivity index (χ0v) is 21.3. The second-order valence-electron chi connectivity index (χ2n) is 11.2.